The van der Waals surface area contributed by atoms with Crippen molar-refractivity contribution in [3.05, 3.63) is 57.9 Å². The molecule has 0 atom stereocenters. The lowest BCUT2D eigenvalue weighted by Crippen LogP contribution is -2.36. The molecule has 0 radical (unpaired) electrons. The van der Waals surface area contributed by atoms with Gasteiger partial charge in [0.25, 0.3) is 5.69 Å². The predicted molar refractivity (Wildman–Crippen MR) is 96.4 cm³/mol. The Kier molecular flexibility index (Phi) is 5.52. The molecule has 0 amide bonds. The predicted octanol–water partition coefficient (Wildman–Crippen LogP) is 3.19. The number of benzene rings is 2. The van der Waals surface area contributed by atoms with Gasteiger partial charge in [-0.2, -0.15) is 0 Å². The van der Waals surface area contributed by atoms with Crippen molar-refractivity contribution in [1.29, 1.82) is 0 Å². The summed E-state index contributed by atoms with van der Waals surface area (Å²) >= 11 is 0. The SMILES string of the molecule is COc1cc(NCc2ccccc2N2CCOCC2)c([N+](=O)[O-])cc1F. The molecule has 138 valence electrons. The van der Waals surface area contributed by atoms with Crippen LogP contribution < -0.4 is 15.0 Å². The molecule has 0 bridgehead atoms. The Hall–Kier alpha value is -2.87. The lowest BCUT2D eigenvalue weighted by atomic mass is 10.1. The first-order valence-corrected chi connectivity index (χ1v) is 8.26. The number of hydrogen-bond donors (Lipinski definition) is 1. The first-order valence-electron chi connectivity index (χ1n) is 8.26. The minimum absolute atomic E-state index is 0.0421. The minimum atomic E-state index is -0.765. The number of halogens is 1. The Bertz CT molecular complexity index is 794. The third-order valence-corrected chi connectivity index (χ3v) is 4.28. The summed E-state index contributed by atoms with van der Waals surface area (Å²) in [6, 6.07) is 10.0. The molecule has 0 spiro atoms. The minimum Gasteiger partial charge on any atom is -0.494 e. The number of nitro groups is 1. The number of morpholine rings is 1. The van der Waals surface area contributed by atoms with Gasteiger partial charge in [-0.15, -0.1) is 0 Å². The fourth-order valence-electron chi connectivity index (χ4n) is 2.96. The van der Waals surface area contributed by atoms with E-state index in [1.807, 2.05) is 24.3 Å². The first-order chi connectivity index (χ1) is 12.6. The summed E-state index contributed by atoms with van der Waals surface area (Å²) in [5.41, 5.74) is 1.93. The summed E-state index contributed by atoms with van der Waals surface area (Å²) in [5.74, 6) is -0.807. The number of nitrogens with one attached hydrogen (secondary N) is 1. The van der Waals surface area contributed by atoms with Crippen LogP contribution in [0, 0.1) is 15.9 Å². The van der Waals surface area contributed by atoms with E-state index in [1.54, 1.807) is 0 Å². The van der Waals surface area contributed by atoms with Gasteiger partial charge in [0.2, 0.25) is 0 Å². The van der Waals surface area contributed by atoms with Crippen molar-refractivity contribution in [1.82, 2.24) is 0 Å². The van der Waals surface area contributed by atoms with E-state index in [1.165, 1.54) is 13.2 Å². The number of ether oxygens (including phenoxy) is 2. The highest BCUT2D eigenvalue weighted by molar-refractivity contribution is 5.65. The molecule has 1 aliphatic heterocycles. The third-order valence-electron chi connectivity index (χ3n) is 4.28. The second-order valence-electron chi connectivity index (χ2n) is 5.84. The summed E-state index contributed by atoms with van der Waals surface area (Å²) in [5, 5.41) is 14.3. The number of hydrogen-bond acceptors (Lipinski definition) is 6. The van der Waals surface area contributed by atoms with Gasteiger partial charge in [0.15, 0.2) is 11.6 Å². The van der Waals surface area contributed by atoms with Crippen LogP contribution >= 0.6 is 0 Å². The number of nitro benzene ring substituents is 1. The second-order valence-corrected chi connectivity index (χ2v) is 5.84. The van der Waals surface area contributed by atoms with E-state index in [2.05, 4.69) is 10.2 Å². The zero-order valence-corrected chi connectivity index (χ0v) is 14.4. The zero-order chi connectivity index (χ0) is 18.5. The van der Waals surface area contributed by atoms with Crippen LogP contribution in [0.2, 0.25) is 0 Å². The molecule has 3 rings (SSSR count). The van der Waals surface area contributed by atoms with Gasteiger partial charge in [-0.1, -0.05) is 18.2 Å². The highest BCUT2D eigenvalue weighted by Gasteiger charge is 2.20. The van der Waals surface area contributed by atoms with Crippen LogP contribution in [-0.2, 0) is 11.3 Å². The van der Waals surface area contributed by atoms with E-state index in [-0.39, 0.29) is 17.1 Å². The van der Waals surface area contributed by atoms with Crippen molar-refractivity contribution in [2.45, 2.75) is 6.54 Å². The molecular weight excluding hydrogens is 341 g/mol. The van der Waals surface area contributed by atoms with Crippen molar-refractivity contribution < 1.29 is 18.8 Å². The fraction of sp³-hybridized carbons (Fsp3) is 0.333. The number of para-hydroxylation sites is 1. The Morgan fingerprint density at radius 3 is 2.73 bits per heavy atom. The van der Waals surface area contributed by atoms with Crippen molar-refractivity contribution >= 4 is 17.1 Å². The molecule has 2 aromatic rings. The topological polar surface area (TPSA) is 76.9 Å². The quantitative estimate of drug-likeness (QED) is 0.629. The zero-order valence-electron chi connectivity index (χ0n) is 14.4. The average molecular weight is 361 g/mol. The molecule has 2 aromatic carbocycles. The molecule has 1 saturated heterocycles. The van der Waals surface area contributed by atoms with Crippen LogP contribution in [0.25, 0.3) is 0 Å². The van der Waals surface area contributed by atoms with Gasteiger partial charge >= 0.3 is 0 Å². The second kappa shape index (κ2) is 8.01. The van der Waals surface area contributed by atoms with E-state index in [4.69, 9.17) is 9.47 Å². The van der Waals surface area contributed by atoms with Crippen molar-refractivity contribution in [2.75, 3.05) is 43.6 Å². The van der Waals surface area contributed by atoms with Gasteiger partial charge in [-0.3, -0.25) is 10.1 Å². The molecule has 1 N–H and O–H groups in total. The molecule has 7 nitrogen and oxygen atoms in total. The van der Waals surface area contributed by atoms with Crippen LogP contribution in [0.4, 0.5) is 21.5 Å². The van der Waals surface area contributed by atoms with E-state index >= 15 is 0 Å². The fourth-order valence-corrected chi connectivity index (χ4v) is 2.96. The standard InChI is InChI=1S/C18H20FN3O4/c1-25-18-11-15(17(22(23)24)10-14(18)19)20-12-13-4-2-3-5-16(13)21-6-8-26-9-7-21/h2-5,10-11,20H,6-9,12H2,1H3. The molecule has 1 fully saturated rings. The first kappa shape index (κ1) is 17.9. The summed E-state index contributed by atoms with van der Waals surface area (Å²) < 4.78 is 24.1. The van der Waals surface area contributed by atoms with Crippen molar-refractivity contribution in [3.63, 3.8) is 0 Å². The maximum absolute atomic E-state index is 13.8. The van der Waals surface area contributed by atoms with Gasteiger partial charge in [0, 0.05) is 31.4 Å². The molecule has 0 unspecified atom stereocenters. The van der Waals surface area contributed by atoms with E-state index < -0.39 is 10.7 Å². The Morgan fingerprint density at radius 2 is 2.04 bits per heavy atom. The molecular formula is C18H20FN3O4. The van der Waals surface area contributed by atoms with Gasteiger partial charge < -0.3 is 19.7 Å². The highest BCUT2D eigenvalue weighted by Crippen LogP contribution is 2.32. The summed E-state index contributed by atoms with van der Waals surface area (Å²) in [7, 11) is 1.32. The van der Waals surface area contributed by atoms with E-state index in [9.17, 15) is 14.5 Å². The Morgan fingerprint density at radius 1 is 1.31 bits per heavy atom. The van der Waals surface area contributed by atoms with Gasteiger partial charge in [0.05, 0.1) is 31.3 Å². The van der Waals surface area contributed by atoms with Crippen molar-refractivity contribution in [3.8, 4) is 5.75 Å². The lowest BCUT2D eigenvalue weighted by Gasteiger charge is -2.30. The number of anilines is 2. The average Bonchev–Trinajstić information content (AvgIpc) is 2.67. The third kappa shape index (κ3) is 3.85. The van der Waals surface area contributed by atoms with Crippen molar-refractivity contribution in [2.24, 2.45) is 0 Å². The number of nitrogens with zero attached hydrogens (tertiary/aromatic N) is 2. The molecule has 8 heteroatoms. The number of rotatable bonds is 6. The monoisotopic (exact) mass is 361 g/mol. The van der Waals surface area contributed by atoms with Crippen LogP contribution in [0.3, 0.4) is 0 Å². The van der Waals surface area contributed by atoms with Gasteiger partial charge in [0.1, 0.15) is 5.69 Å². The molecule has 1 heterocycles. The maximum atomic E-state index is 13.8. The molecule has 0 saturated carbocycles. The normalized spacial score (nSPS) is 14.2. The van der Waals surface area contributed by atoms with E-state index in [0.717, 1.165) is 30.4 Å². The molecule has 0 aliphatic carbocycles. The lowest BCUT2D eigenvalue weighted by molar-refractivity contribution is -0.384. The summed E-state index contributed by atoms with van der Waals surface area (Å²) in [6.07, 6.45) is 0. The van der Waals surface area contributed by atoms with Crippen LogP contribution in [0.15, 0.2) is 36.4 Å². The number of methoxy groups -OCH3 is 1. The largest absolute Gasteiger partial charge is 0.494 e. The van der Waals surface area contributed by atoms with E-state index in [0.29, 0.717) is 19.8 Å². The molecule has 26 heavy (non-hydrogen) atoms. The Labute approximate surface area is 150 Å². The smallest absolute Gasteiger partial charge is 0.295 e. The van der Waals surface area contributed by atoms with Crippen LogP contribution in [0.5, 0.6) is 5.75 Å². The van der Waals surface area contributed by atoms with Crippen LogP contribution in [0.1, 0.15) is 5.56 Å². The van der Waals surface area contributed by atoms with Gasteiger partial charge in [-0.05, 0) is 11.6 Å². The highest BCUT2D eigenvalue weighted by atomic mass is 19.1. The maximum Gasteiger partial charge on any atom is 0.295 e. The van der Waals surface area contributed by atoms with Crippen LogP contribution in [-0.4, -0.2) is 38.3 Å². The molecule has 1 aliphatic rings. The summed E-state index contributed by atoms with van der Waals surface area (Å²) in [4.78, 5) is 12.8. The summed E-state index contributed by atoms with van der Waals surface area (Å²) in [6.45, 7) is 3.29. The van der Waals surface area contributed by atoms with Gasteiger partial charge in [-0.25, -0.2) is 4.39 Å². The molecule has 0 aromatic heterocycles. The Balaban J connectivity index is 1.84.